The van der Waals surface area contributed by atoms with Crippen molar-refractivity contribution in [2.75, 3.05) is 7.05 Å². The maximum absolute atomic E-state index is 13.7. The fraction of sp³-hybridized carbons (Fsp3) is 0.222. The summed E-state index contributed by atoms with van der Waals surface area (Å²) in [5, 5.41) is 9.66. The van der Waals surface area contributed by atoms with Gasteiger partial charge in [0.25, 0.3) is 5.91 Å². The second-order valence-corrected chi connectivity index (χ2v) is 8.36. The topological polar surface area (TPSA) is 68.3 Å². The van der Waals surface area contributed by atoms with Gasteiger partial charge in [0.15, 0.2) is 17.0 Å². The summed E-state index contributed by atoms with van der Waals surface area (Å²) in [5.74, 6) is -0.682. The van der Waals surface area contributed by atoms with Gasteiger partial charge in [0.1, 0.15) is 5.02 Å². The Morgan fingerprint density at radius 3 is 2.65 bits per heavy atom. The summed E-state index contributed by atoms with van der Waals surface area (Å²) in [6, 6.07) is 4.23. The molecule has 0 aromatic carbocycles. The third-order valence-electron chi connectivity index (χ3n) is 4.54. The number of hydrogen-bond donors (Lipinski definition) is 0. The maximum atomic E-state index is 13.7. The van der Waals surface area contributed by atoms with Crippen LogP contribution in [-0.2, 0) is 19.8 Å². The number of fused-ring (bicyclic) bond motifs is 1. The lowest BCUT2D eigenvalue weighted by Gasteiger charge is -2.16. The third kappa shape index (κ3) is 3.88. The van der Waals surface area contributed by atoms with Crippen LogP contribution in [0, 0.1) is 0 Å². The highest BCUT2D eigenvalue weighted by Gasteiger charge is 2.37. The Balaban J connectivity index is 1.80. The number of rotatable bonds is 4. The molecule has 0 unspecified atom stereocenters. The minimum Gasteiger partial charge on any atom is -0.334 e. The van der Waals surface area contributed by atoms with Gasteiger partial charge < -0.3 is 4.90 Å². The molecular formula is C18H13Cl2F3N6OS. The van der Waals surface area contributed by atoms with Gasteiger partial charge in [-0.25, -0.2) is 9.50 Å². The largest absolute Gasteiger partial charge is 0.433 e. The minimum absolute atomic E-state index is 0.0539. The van der Waals surface area contributed by atoms with Gasteiger partial charge in [-0.05, 0) is 17.5 Å². The van der Waals surface area contributed by atoms with Crippen LogP contribution in [0.2, 0.25) is 10.0 Å². The third-order valence-corrected chi connectivity index (χ3v) is 6.10. The number of carbonyl (C=O) groups is 1. The number of thiophene rings is 1. The van der Waals surface area contributed by atoms with Gasteiger partial charge in [-0.3, -0.25) is 9.48 Å². The Morgan fingerprint density at radius 1 is 1.32 bits per heavy atom. The van der Waals surface area contributed by atoms with Gasteiger partial charge in [0.05, 0.1) is 34.0 Å². The quantitative estimate of drug-likeness (QED) is 0.414. The first-order chi connectivity index (χ1) is 14.6. The summed E-state index contributed by atoms with van der Waals surface area (Å²) in [5.41, 5.74) is -1.05. The number of amides is 1. The van der Waals surface area contributed by atoms with Crippen molar-refractivity contribution in [2.45, 2.75) is 12.7 Å². The lowest BCUT2D eigenvalue weighted by atomic mass is 10.2. The monoisotopic (exact) mass is 488 g/mol. The molecule has 1 amide bonds. The van der Waals surface area contributed by atoms with E-state index in [1.807, 2.05) is 0 Å². The van der Waals surface area contributed by atoms with Gasteiger partial charge in [-0.15, -0.1) is 11.3 Å². The zero-order chi connectivity index (χ0) is 22.5. The van der Waals surface area contributed by atoms with Crippen LogP contribution in [0.15, 0.2) is 29.8 Å². The number of hydrogen-bond acceptors (Lipinski definition) is 5. The smallest absolute Gasteiger partial charge is 0.334 e. The molecule has 0 fully saturated rings. The van der Waals surface area contributed by atoms with Crippen molar-refractivity contribution in [3.05, 3.63) is 56.9 Å². The first-order valence-electron chi connectivity index (χ1n) is 8.70. The highest BCUT2D eigenvalue weighted by molar-refractivity contribution is 7.13. The maximum Gasteiger partial charge on any atom is 0.433 e. The second kappa shape index (κ2) is 7.81. The van der Waals surface area contributed by atoms with E-state index < -0.39 is 17.8 Å². The zero-order valence-electron chi connectivity index (χ0n) is 16.0. The Kier molecular flexibility index (Phi) is 5.44. The Bertz CT molecular complexity index is 1260. The molecule has 31 heavy (non-hydrogen) atoms. The van der Waals surface area contributed by atoms with Gasteiger partial charge in [-0.1, -0.05) is 29.3 Å². The highest BCUT2D eigenvalue weighted by atomic mass is 35.5. The van der Waals surface area contributed by atoms with Crippen LogP contribution in [0.1, 0.15) is 21.9 Å². The Morgan fingerprint density at radius 2 is 2.06 bits per heavy atom. The molecule has 4 aromatic heterocycles. The van der Waals surface area contributed by atoms with E-state index in [1.54, 1.807) is 24.6 Å². The molecular weight excluding hydrogens is 476 g/mol. The second-order valence-electron chi connectivity index (χ2n) is 6.62. The normalized spacial score (nSPS) is 12.0. The summed E-state index contributed by atoms with van der Waals surface area (Å²) in [7, 11) is 3.12. The highest BCUT2D eigenvalue weighted by Crippen LogP contribution is 2.35. The van der Waals surface area contributed by atoms with Gasteiger partial charge >= 0.3 is 6.18 Å². The predicted octanol–water partition coefficient (Wildman–Crippen LogP) is 4.79. The van der Waals surface area contributed by atoms with Crippen LogP contribution in [0.3, 0.4) is 0 Å². The van der Waals surface area contributed by atoms with Crippen molar-refractivity contribution in [3.63, 3.8) is 0 Å². The molecule has 0 spiro atoms. The van der Waals surface area contributed by atoms with E-state index in [0.29, 0.717) is 20.1 Å². The average molecular weight is 489 g/mol. The molecule has 4 heterocycles. The summed E-state index contributed by atoms with van der Waals surface area (Å²) >= 11 is 13.6. The molecule has 0 N–H and O–H groups in total. The summed E-state index contributed by atoms with van der Waals surface area (Å²) < 4.78 is 43.2. The van der Waals surface area contributed by atoms with Gasteiger partial charge in [0, 0.05) is 14.1 Å². The molecule has 0 bridgehead atoms. The van der Waals surface area contributed by atoms with Crippen molar-refractivity contribution in [2.24, 2.45) is 7.05 Å². The molecule has 0 saturated heterocycles. The van der Waals surface area contributed by atoms with Crippen molar-refractivity contribution in [1.82, 2.24) is 29.3 Å². The molecule has 0 aliphatic carbocycles. The van der Waals surface area contributed by atoms with E-state index in [1.165, 1.54) is 34.2 Å². The van der Waals surface area contributed by atoms with Crippen LogP contribution in [0.25, 0.3) is 16.2 Å². The molecule has 0 aliphatic rings. The zero-order valence-corrected chi connectivity index (χ0v) is 18.3. The Labute approximate surface area is 187 Å². The predicted molar refractivity (Wildman–Crippen MR) is 110 cm³/mol. The number of nitrogens with zero attached hydrogens (tertiary/aromatic N) is 6. The first-order valence-corrected chi connectivity index (χ1v) is 10.3. The van der Waals surface area contributed by atoms with Crippen molar-refractivity contribution in [1.29, 1.82) is 0 Å². The van der Waals surface area contributed by atoms with E-state index in [-0.39, 0.29) is 28.6 Å². The van der Waals surface area contributed by atoms with Gasteiger partial charge in [0.2, 0.25) is 0 Å². The molecule has 0 aliphatic heterocycles. The van der Waals surface area contributed by atoms with Crippen LogP contribution < -0.4 is 0 Å². The molecule has 4 aromatic rings. The number of alkyl halides is 3. The number of carbonyl (C=O) groups excluding carboxylic acids is 1. The Hall–Kier alpha value is -2.63. The molecule has 13 heteroatoms. The van der Waals surface area contributed by atoms with E-state index >= 15 is 0 Å². The van der Waals surface area contributed by atoms with E-state index in [4.69, 9.17) is 23.2 Å². The van der Waals surface area contributed by atoms with E-state index in [2.05, 4.69) is 15.2 Å². The fourth-order valence-corrected chi connectivity index (χ4v) is 4.12. The molecule has 162 valence electrons. The molecule has 0 saturated carbocycles. The molecule has 0 radical (unpaired) electrons. The minimum atomic E-state index is -4.74. The van der Waals surface area contributed by atoms with Crippen molar-refractivity contribution in [3.8, 4) is 10.6 Å². The van der Waals surface area contributed by atoms with Crippen molar-refractivity contribution < 1.29 is 18.0 Å². The number of aromatic nitrogens is 5. The number of halogens is 5. The molecule has 4 rings (SSSR count). The van der Waals surface area contributed by atoms with Crippen molar-refractivity contribution >= 4 is 46.1 Å². The first kappa shape index (κ1) is 21.6. The van der Waals surface area contributed by atoms with Crippen LogP contribution in [-0.4, -0.2) is 42.2 Å². The van der Waals surface area contributed by atoms with Crippen LogP contribution in [0.5, 0.6) is 0 Å². The SMILES string of the molecule is CN(Cc1c(Cl)cnn1C)C(=O)c1nn2c(C(F)(F)F)cc(-c3cccs3)nc2c1Cl. The summed E-state index contributed by atoms with van der Waals surface area (Å²) in [6.07, 6.45) is -3.31. The lowest BCUT2D eigenvalue weighted by Crippen LogP contribution is -2.28. The van der Waals surface area contributed by atoms with Crippen LogP contribution in [0.4, 0.5) is 13.2 Å². The van der Waals surface area contributed by atoms with E-state index in [0.717, 1.165) is 6.07 Å². The summed E-state index contributed by atoms with van der Waals surface area (Å²) in [6.45, 7) is 0.0539. The van der Waals surface area contributed by atoms with Gasteiger partial charge in [-0.2, -0.15) is 23.4 Å². The fourth-order valence-electron chi connectivity index (χ4n) is 2.97. The lowest BCUT2D eigenvalue weighted by molar-refractivity contribution is -0.142. The number of aryl methyl sites for hydroxylation is 1. The summed E-state index contributed by atoms with van der Waals surface area (Å²) in [4.78, 5) is 18.9. The molecule has 0 atom stereocenters. The molecule has 7 nitrogen and oxygen atoms in total. The van der Waals surface area contributed by atoms with Crippen LogP contribution >= 0.6 is 34.5 Å². The van der Waals surface area contributed by atoms with E-state index in [9.17, 15) is 18.0 Å². The average Bonchev–Trinajstić information content (AvgIpc) is 3.43. The standard InChI is InChI=1S/C18H13Cl2F3N6OS/c1-27(8-11-9(19)7-24-28(11)2)17(30)15-14(20)16-25-10(12-4-3-5-31-12)6-13(18(21,22)23)29(16)26-15/h3-7H,8H2,1-2H3.